The van der Waals surface area contributed by atoms with Gasteiger partial charge in [0, 0.05) is 16.6 Å². The van der Waals surface area contributed by atoms with Crippen molar-refractivity contribution in [3.8, 4) is 5.75 Å². The molecule has 0 bridgehead atoms. The number of sulfonamides is 1. The molecular formula is C20H19ClN4O4S2. The summed E-state index contributed by atoms with van der Waals surface area (Å²) in [6.07, 6.45) is 2.40. The van der Waals surface area contributed by atoms with Crippen LogP contribution in [0.1, 0.15) is 40.4 Å². The molecule has 8 nitrogen and oxygen atoms in total. The number of carbonyl (C=O) groups excluding carboxylic acids is 1. The first kappa shape index (κ1) is 21.7. The van der Waals surface area contributed by atoms with Crippen molar-refractivity contribution in [2.45, 2.75) is 29.6 Å². The van der Waals surface area contributed by atoms with Gasteiger partial charge in [0.05, 0.1) is 7.11 Å². The number of nitrogens with one attached hydrogen (secondary N) is 2. The van der Waals surface area contributed by atoms with E-state index in [4.69, 9.17) is 16.3 Å². The Morgan fingerprint density at radius 1 is 1.19 bits per heavy atom. The number of methoxy groups -OCH3 is 1. The van der Waals surface area contributed by atoms with E-state index in [1.54, 1.807) is 31.4 Å². The van der Waals surface area contributed by atoms with Crippen LogP contribution in [-0.4, -0.2) is 31.6 Å². The van der Waals surface area contributed by atoms with Gasteiger partial charge in [0.25, 0.3) is 15.9 Å². The number of carbonyl (C=O) groups is 1. The van der Waals surface area contributed by atoms with E-state index in [1.165, 1.54) is 0 Å². The Morgan fingerprint density at radius 2 is 1.97 bits per heavy atom. The van der Waals surface area contributed by atoms with E-state index in [-0.39, 0.29) is 15.5 Å². The SMILES string of the molecule is COc1ccc2c(c1)CCC[C@H]2NS(=O)(=O)c1nnc(NC(=O)c2ccc(Cl)cc2)s1. The number of hydrogen-bond donors (Lipinski definition) is 2. The van der Waals surface area contributed by atoms with Crippen LogP contribution in [0, 0.1) is 0 Å². The summed E-state index contributed by atoms with van der Waals surface area (Å²) in [5.41, 5.74) is 2.36. The van der Waals surface area contributed by atoms with Crippen LogP contribution >= 0.6 is 22.9 Å². The Labute approximate surface area is 188 Å². The number of nitrogens with zero attached hydrogens (tertiary/aromatic N) is 2. The predicted octanol–water partition coefficient (Wildman–Crippen LogP) is 3.81. The van der Waals surface area contributed by atoms with Crippen molar-refractivity contribution in [2.24, 2.45) is 0 Å². The number of ether oxygens (including phenoxy) is 1. The van der Waals surface area contributed by atoms with Crippen LogP contribution in [-0.2, 0) is 16.4 Å². The number of rotatable bonds is 6. The third kappa shape index (κ3) is 4.87. The minimum Gasteiger partial charge on any atom is -0.497 e. The first-order chi connectivity index (χ1) is 14.9. The fraction of sp³-hybridized carbons (Fsp3) is 0.250. The zero-order valence-corrected chi connectivity index (χ0v) is 18.9. The van der Waals surface area contributed by atoms with Gasteiger partial charge in [-0.1, -0.05) is 29.0 Å². The molecule has 2 aromatic carbocycles. The maximum absolute atomic E-state index is 12.9. The van der Waals surface area contributed by atoms with Crippen molar-refractivity contribution < 1.29 is 17.9 Å². The normalized spacial score (nSPS) is 15.9. The molecule has 11 heteroatoms. The molecule has 0 radical (unpaired) electrons. The molecule has 0 spiro atoms. The summed E-state index contributed by atoms with van der Waals surface area (Å²) < 4.78 is 33.5. The summed E-state index contributed by atoms with van der Waals surface area (Å²) >= 11 is 6.62. The molecule has 1 aromatic heterocycles. The van der Waals surface area contributed by atoms with E-state index < -0.39 is 15.9 Å². The monoisotopic (exact) mass is 478 g/mol. The predicted molar refractivity (Wildman–Crippen MR) is 118 cm³/mol. The van der Waals surface area contributed by atoms with Gasteiger partial charge in [0.1, 0.15) is 5.75 Å². The van der Waals surface area contributed by atoms with Crippen molar-refractivity contribution in [3.63, 3.8) is 0 Å². The third-order valence-corrected chi connectivity index (χ3v) is 7.85. The van der Waals surface area contributed by atoms with Gasteiger partial charge in [-0.25, -0.2) is 13.1 Å². The van der Waals surface area contributed by atoms with E-state index in [9.17, 15) is 13.2 Å². The summed E-state index contributed by atoms with van der Waals surface area (Å²) in [4.78, 5) is 12.3. The van der Waals surface area contributed by atoms with Crippen LogP contribution in [0.5, 0.6) is 5.75 Å². The molecule has 2 N–H and O–H groups in total. The topological polar surface area (TPSA) is 110 Å². The highest BCUT2D eigenvalue weighted by Crippen LogP contribution is 2.33. The molecule has 0 saturated carbocycles. The molecule has 31 heavy (non-hydrogen) atoms. The number of aryl methyl sites for hydroxylation is 1. The van der Waals surface area contributed by atoms with Crippen LogP contribution in [0.25, 0.3) is 0 Å². The second-order valence-corrected chi connectivity index (χ2v) is 10.3. The number of benzene rings is 2. The largest absolute Gasteiger partial charge is 0.497 e. The fourth-order valence-corrected chi connectivity index (χ4v) is 5.70. The fourth-order valence-electron chi connectivity index (χ4n) is 3.42. The zero-order chi connectivity index (χ0) is 22.0. The molecule has 4 rings (SSSR count). The summed E-state index contributed by atoms with van der Waals surface area (Å²) in [5, 5.41) is 10.7. The highest BCUT2D eigenvalue weighted by molar-refractivity contribution is 7.91. The number of amides is 1. The van der Waals surface area contributed by atoms with Gasteiger partial charge in [-0.15, -0.1) is 10.2 Å². The molecule has 1 heterocycles. The smallest absolute Gasteiger partial charge is 0.270 e. The number of fused-ring (bicyclic) bond motifs is 1. The summed E-state index contributed by atoms with van der Waals surface area (Å²) in [6, 6.07) is 11.6. The molecule has 1 atom stereocenters. The molecular weight excluding hydrogens is 460 g/mol. The molecule has 0 aliphatic heterocycles. The molecule has 3 aromatic rings. The first-order valence-electron chi connectivity index (χ1n) is 9.45. The lowest BCUT2D eigenvalue weighted by molar-refractivity contribution is 0.102. The highest BCUT2D eigenvalue weighted by atomic mass is 35.5. The summed E-state index contributed by atoms with van der Waals surface area (Å²) in [5.74, 6) is 0.312. The van der Waals surface area contributed by atoms with Crippen molar-refractivity contribution >= 4 is 44.0 Å². The maximum atomic E-state index is 12.9. The Kier molecular flexibility index (Phi) is 6.24. The van der Waals surface area contributed by atoms with Gasteiger partial charge in [-0.05, 0) is 66.8 Å². The molecule has 0 unspecified atom stereocenters. The standard InChI is InChI=1S/C20H19ClN4O4S2/c1-29-15-9-10-16-13(11-15)3-2-4-17(16)25-31(27,28)20-24-23-19(30-20)22-18(26)12-5-7-14(21)8-6-12/h5-11,17,25H,2-4H2,1H3,(H,22,23,26)/t17-/m1/s1. The van der Waals surface area contributed by atoms with Crippen LogP contribution in [0.2, 0.25) is 5.02 Å². The number of halogens is 1. The van der Waals surface area contributed by atoms with Gasteiger partial charge >= 0.3 is 0 Å². The Bertz CT molecular complexity index is 1210. The van der Waals surface area contributed by atoms with Gasteiger partial charge in [-0.3, -0.25) is 10.1 Å². The second-order valence-electron chi connectivity index (χ2n) is 6.96. The van der Waals surface area contributed by atoms with Crippen LogP contribution in [0.15, 0.2) is 46.8 Å². The molecule has 162 valence electrons. The molecule has 1 amide bonds. The second kappa shape index (κ2) is 8.91. The molecule has 1 aliphatic carbocycles. The van der Waals surface area contributed by atoms with E-state index in [0.717, 1.165) is 41.1 Å². The molecule has 0 saturated heterocycles. The zero-order valence-electron chi connectivity index (χ0n) is 16.5. The highest BCUT2D eigenvalue weighted by Gasteiger charge is 2.28. The lowest BCUT2D eigenvalue weighted by Gasteiger charge is -2.26. The van der Waals surface area contributed by atoms with Gasteiger partial charge in [0.2, 0.25) is 9.47 Å². The molecule has 1 aliphatic rings. The van der Waals surface area contributed by atoms with Gasteiger partial charge in [0.15, 0.2) is 0 Å². The van der Waals surface area contributed by atoms with Gasteiger partial charge in [-0.2, -0.15) is 0 Å². The lowest BCUT2D eigenvalue weighted by Crippen LogP contribution is -2.31. The van der Waals surface area contributed by atoms with Crippen LogP contribution in [0.3, 0.4) is 0 Å². The number of aromatic nitrogens is 2. The molecule has 0 fully saturated rings. The summed E-state index contributed by atoms with van der Waals surface area (Å²) in [6.45, 7) is 0. The Morgan fingerprint density at radius 3 is 2.71 bits per heavy atom. The Balaban J connectivity index is 1.49. The quantitative estimate of drug-likeness (QED) is 0.521. The minimum absolute atomic E-state index is 0.0918. The first-order valence-corrected chi connectivity index (χ1v) is 12.1. The van der Waals surface area contributed by atoms with E-state index in [1.807, 2.05) is 18.2 Å². The van der Waals surface area contributed by atoms with Crippen molar-refractivity contribution in [1.82, 2.24) is 14.9 Å². The average molecular weight is 479 g/mol. The third-order valence-electron chi connectivity index (χ3n) is 4.93. The van der Waals surface area contributed by atoms with Gasteiger partial charge < -0.3 is 4.74 Å². The van der Waals surface area contributed by atoms with Crippen molar-refractivity contribution in [1.29, 1.82) is 0 Å². The Hall–Kier alpha value is -2.53. The van der Waals surface area contributed by atoms with Crippen LogP contribution < -0.4 is 14.8 Å². The van der Waals surface area contributed by atoms with Crippen LogP contribution in [0.4, 0.5) is 5.13 Å². The summed E-state index contributed by atoms with van der Waals surface area (Å²) in [7, 11) is -2.31. The minimum atomic E-state index is -3.91. The average Bonchev–Trinajstić information content (AvgIpc) is 3.23. The lowest BCUT2D eigenvalue weighted by atomic mass is 9.88. The number of hydrogen-bond acceptors (Lipinski definition) is 7. The van der Waals surface area contributed by atoms with Crippen molar-refractivity contribution in [2.75, 3.05) is 12.4 Å². The van der Waals surface area contributed by atoms with Crippen molar-refractivity contribution in [3.05, 3.63) is 64.2 Å². The van der Waals surface area contributed by atoms with E-state index >= 15 is 0 Å². The van der Waals surface area contributed by atoms with E-state index in [2.05, 4.69) is 20.2 Å². The van der Waals surface area contributed by atoms with E-state index in [0.29, 0.717) is 17.0 Å². The maximum Gasteiger partial charge on any atom is 0.270 e. The number of anilines is 1.